The molecule has 2 amide bonds. The van der Waals surface area contributed by atoms with Crippen molar-refractivity contribution in [3.05, 3.63) is 34.3 Å². The summed E-state index contributed by atoms with van der Waals surface area (Å²) >= 11 is 7.11. The van der Waals surface area contributed by atoms with Crippen LogP contribution in [0.15, 0.2) is 24.3 Å². The first-order valence-corrected chi connectivity index (χ1v) is 10.6. The van der Waals surface area contributed by atoms with Gasteiger partial charge in [0.15, 0.2) is 5.01 Å². The van der Waals surface area contributed by atoms with Crippen molar-refractivity contribution in [3.8, 4) is 5.75 Å². The zero-order valence-electron chi connectivity index (χ0n) is 15.3. The van der Waals surface area contributed by atoms with Gasteiger partial charge >= 0.3 is 0 Å². The molecular weight excluding hydrogens is 400 g/mol. The number of ether oxygens (including phenoxy) is 1. The Balaban J connectivity index is 1.29. The predicted molar refractivity (Wildman–Crippen MR) is 106 cm³/mol. The number of nitrogens with zero attached hydrogens (tertiary/aromatic N) is 3. The van der Waals surface area contributed by atoms with Crippen molar-refractivity contribution in [2.45, 2.75) is 44.8 Å². The van der Waals surface area contributed by atoms with Crippen molar-refractivity contribution in [1.29, 1.82) is 0 Å². The Labute approximate surface area is 172 Å². The molecular formula is C19H21ClN4O3S. The molecule has 9 heteroatoms. The summed E-state index contributed by atoms with van der Waals surface area (Å²) in [5.74, 6) is 0.268. The lowest BCUT2D eigenvalue weighted by Gasteiger charge is -2.23. The van der Waals surface area contributed by atoms with Gasteiger partial charge in [0.25, 0.3) is 0 Å². The highest BCUT2D eigenvalue weighted by Gasteiger charge is 2.38. The number of carbonyl (C=O) groups is 2. The van der Waals surface area contributed by atoms with E-state index < -0.39 is 0 Å². The zero-order valence-corrected chi connectivity index (χ0v) is 16.8. The number of hydrogen-bond donors (Lipinski definition) is 1. The van der Waals surface area contributed by atoms with Gasteiger partial charge in [-0.05, 0) is 37.1 Å². The second kappa shape index (κ2) is 8.45. The first kappa shape index (κ1) is 19.1. The van der Waals surface area contributed by atoms with Crippen LogP contribution < -0.4 is 10.1 Å². The van der Waals surface area contributed by atoms with Crippen molar-refractivity contribution >= 4 is 39.9 Å². The number of benzene rings is 1. The maximum Gasteiger partial charge on any atom is 0.231 e. The lowest BCUT2D eigenvalue weighted by Crippen LogP contribution is -2.35. The van der Waals surface area contributed by atoms with Crippen molar-refractivity contribution in [3.63, 3.8) is 0 Å². The van der Waals surface area contributed by atoms with Gasteiger partial charge in [-0.3, -0.25) is 9.59 Å². The summed E-state index contributed by atoms with van der Waals surface area (Å²) in [6, 6.07) is 7.36. The standard InChI is InChI=1S/C19H21ClN4O3S/c20-13-5-7-15(8-6-13)27-11-16-22-23-19(28-16)21-18(26)12-9-17(25)24(10-12)14-3-1-2-4-14/h5-8,12,14H,1-4,9-11H2,(H,21,23,26)/t12-/m0/s1. The molecule has 1 saturated heterocycles. The first-order chi connectivity index (χ1) is 13.6. The van der Waals surface area contributed by atoms with Gasteiger partial charge < -0.3 is 15.0 Å². The average molecular weight is 421 g/mol. The lowest BCUT2D eigenvalue weighted by atomic mass is 10.1. The molecule has 4 rings (SSSR count). The highest BCUT2D eigenvalue weighted by atomic mass is 35.5. The van der Waals surface area contributed by atoms with Crippen LogP contribution in [-0.4, -0.2) is 39.5 Å². The topological polar surface area (TPSA) is 84.4 Å². The molecule has 28 heavy (non-hydrogen) atoms. The predicted octanol–water partition coefficient (Wildman–Crippen LogP) is 3.50. The molecule has 0 unspecified atom stereocenters. The number of anilines is 1. The number of nitrogens with one attached hydrogen (secondary N) is 1. The summed E-state index contributed by atoms with van der Waals surface area (Å²) < 4.78 is 5.64. The van der Waals surface area contributed by atoms with Crippen LogP contribution in [0.1, 0.15) is 37.1 Å². The van der Waals surface area contributed by atoms with E-state index in [-0.39, 0.29) is 30.8 Å². The van der Waals surface area contributed by atoms with E-state index in [1.165, 1.54) is 11.3 Å². The van der Waals surface area contributed by atoms with E-state index in [9.17, 15) is 9.59 Å². The molecule has 1 aromatic carbocycles. The van der Waals surface area contributed by atoms with Gasteiger partial charge in [0.1, 0.15) is 12.4 Å². The number of hydrogen-bond acceptors (Lipinski definition) is 6. The fourth-order valence-electron chi connectivity index (χ4n) is 3.72. The smallest absolute Gasteiger partial charge is 0.231 e. The summed E-state index contributed by atoms with van der Waals surface area (Å²) in [6.07, 6.45) is 4.70. The SMILES string of the molecule is O=C(Nc1nnc(COc2ccc(Cl)cc2)s1)[C@H]1CC(=O)N(C2CCCC2)C1. The lowest BCUT2D eigenvalue weighted by molar-refractivity contribution is -0.129. The molecule has 1 atom stereocenters. The van der Waals surface area contributed by atoms with E-state index in [1.54, 1.807) is 24.3 Å². The summed E-state index contributed by atoms with van der Waals surface area (Å²) in [5.41, 5.74) is 0. The molecule has 1 aliphatic carbocycles. The monoisotopic (exact) mass is 420 g/mol. The number of amides is 2. The van der Waals surface area contributed by atoms with Gasteiger partial charge in [0.2, 0.25) is 16.9 Å². The Morgan fingerprint density at radius 2 is 2.00 bits per heavy atom. The zero-order chi connectivity index (χ0) is 19.5. The normalized spacial score (nSPS) is 20.0. The van der Waals surface area contributed by atoms with Crippen molar-refractivity contribution in [2.24, 2.45) is 5.92 Å². The fraction of sp³-hybridized carbons (Fsp3) is 0.474. The molecule has 2 aliphatic rings. The molecule has 1 saturated carbocycles. The van der Waals surface area contributed by atoms with Crippen LogP contribution in [0.2, 0.25) is 5.02 Å². The van der Waals surface area contributed by atoms with Gasteiger partial charge in [-0.1, -0.05) is 35.8 Å². The maximum absolute atomic E-state index is 12.5. The number of likely N-dealkylation sites (tertiary alicyclic amines) is 1. The van der Waals surface area contributed by atoms with E-state index in [4.69, 9.17) is 16.3 Å². The Bertz CT molecular complexity index is 851. The molecule has 7 nitrogen and oxygen atoms in total. The molecule has 2 fully saturated rings. The molecule has 1 aromatic heterocycles. The maximum atomic E-state index is 12.5. The minimum Gasteiger partial charge on any atom is -0.486 e. The van der Waals surface area contributed by atoms with E-state index in [1.807, 2.05) is 4.90 Å². The van der Waals surface area contributed by atoms with E-state index >= 15 is 0 Å². The third-order valence-corrected chi connectivity index (χ3v) is 6.23. The largest absolute Gasteiger partial charge is 0.486 e. The quantitative estimate of drug-likeness (QED) is 0.773. The molecule has 1 N–H and O–H groups in total. The van der Waals surface area contributed by atoms with Crippen molar-refractivity contribution < 1.29 is 14.3 Å². The van der Waals surface area contributed by atoms with Crippen LogP contribution in [0, 0.1) is 5.92 Å². The Hall–Kier alpha value is -2.19. The van der Waals surface area contributed by atoms with Crippen LogP contribution in [0.5, 0.6) is 5.75 Å². The second-order valence-electron chi connectivity index (χ2n) is 7.12. The van der Waals surface area contributed by atoms with E-state index in [2.05, 4.69) is 15.5 Å². The van der Waals surface area contributed by atoms with Gasteiger partial charge in [-0.2, -0.15) is 0 Å². The van der Waals surface area contributed by atoms with Crippen LogP contribution in [0.25, 0.3) is 0 Å². The molecule has 148 valence electrons. The molecule has 2 aromatic rings. The second-order valence-corrected chi connectivity index (χ2v) is 8.62. The van der Waals surface area contributed by atoms with Crippen LogP contribution in [-0.2, 0) is 16.2 Å². The van der Waals surface area contributed by atoms with Gasteiger partial charge in [-0.15, -0.1) is 10.2 Å². The van der Waals surface area contributed by atoms with Crippen LogP contribution in [0.4, 0.5) is 5.13 Å². The molecule has 0 radical (unpaired) electrons. The molecule has 2 heterocycles. The number of halogens is 1. The Kier molecular flexibility index (Phi) is 5.77. The number of carbonyl (C=O) groups excluding carboxylic acids is 2. The van der Waals surface area contributed by atoms with E-state index in [0.717, 1.165) is 25.7 Å². The minimum absolute atomic E-state index is 0.0846. The summed E-state index contributed by atoms with van der Waals surface area (Å²) in [7, 11) is 0. The fourth-order valence-corrected chi connectivity index (χ4v) is 4.50. The summed E-state index contributed by atoms with van der Waals surface area (Å²) in [5, 5.41) is 12.6. The van der Waals surface area contributed by atoms with Gasteiger partial charge in [0, 0.05) is 24.0 Å². The average Bonchev–Trinajstić information content (AvgIpc) is 3.42. The van der Waals surface area contributed by atoms with Gasteiger partial charge in [-0.25, -0.2) is 0 Å². The highest BCUT2D eigenvalue weighted by molar-refractivity contribution is 7.15. The number of aromatic nitrogens is 2. The third kappa shape index (κ3) is 4.44. The molecule has 0 bridgehead atoms. The van der Waals surface area contributed by atoms with Crippen molar-refractivity contribution in [2.75, 3.05) is 11.9 Å². The minimum atomic E-state index is -0.328. The van der Waals surface area contributed by atoms with Crippen molar-refractivity contribution in [1.82, 2.24) is 15.1 Å². The first-order valence-electron chi connectivity index (χ1n) is 9.39. The van der Waals surface area contributed by atoms with Crippen LogP contribution >= 0.6 is 22.9 Å². The third-order valence-electron chi connectivity index (χ3n) is 5.17. The van der Waals surface area contributed by atoms with E-state index in [0.29, 0.717) is 33.5 Å². The summed E-state index contributed by atoms with van der Waals surface area (Å²) in [4.78, 5) is 26.7. The van der Waals surface area contributed by atoms with Crippen LogP contribution in [0.3, 0.4) is 0 Å². The van der Waals surface area contributed by atoms with Gasteiger partial charge in [0.05, 0.1) is 5.92 Å². The summed E-state index contributed by atoms with van der Waals surface area (Å²) in [6.45, 7) is 0.757. The number of rotatable bonds is 6. The molecule has 1 aliphatic heterocycles. The molecule has 0 spiro atoms. The Morgan fingerprint density at radius 3 is 2.75 bits per heavy atom. The highest BCUT2D eigenvalue weighted by Crippen LogP contribution is 2.30. The Morgan fingerprint density at radius 1 is 1.25 bits per heavy atom.